The zero-order valence-corrected chi connectivity index (χ0v) is 15.4. The van der Waals surface area contributed by atoms with Gasteiger partial charge in [-0.3, -0.25) is 0 Å². The third kappa shape index (κ3) is 4.45. The summed E-state index contributed by atoms with van der Waals surface area (Å²) in [5, 5.41) is 0. The van der Waals surface area contributed by atoms with Gasteiger partial charge in [-0.15, -0.1) is 0 Å². The maximum atomic E-state index is 5.31. The number of hydrazine groups is 1. The minimum absolute atomic E-state index is 0.715. The highest BCUT2D eigenvalue weighted by molar-refractivity contribution is 5.60. The van der Waals surface area contributed by atoms with Gasteiger partial charge in [-0.1, -0.05) is 0 Å². The van der Waals surface area contributed by atoms with E-state index < -0.39 is 0 Å². The highest BCUT2D eigenvalue weighted by atomic mass is 16.3. The highest BCUT2D eigenvalue weighted by Gasteiger charge is 2.15. The Balaban J connectivity index is 1.31. The average Bonchev–Trinajstić information content (AvgIpc) is 3.24. The second-order valence-corrected chi connectivity index (χ2v) is 6.73. The molecule has 0 aliphatic carbocycles. The number of anilines is 2. The zero-order valence-electron chi connectivity index (χ0n) is 15.4. The van der Waals surface area contributed by atoms with Gasteiger partial charge in [-0.25, -0.2) is 15.4 Å². The summed E-state index contributed by atoms with van der Waals surface area (Å²) in [6.07, 6.45) is 5.03. The van der Waals surface area contributed by atoms with Crippen LogP contribution in [0.15, 0.2) is 59.6 Å². The number of nitrogens with zero attached hydrogens (tertiary/aromatic N) is 4. The van der Waals surface area contributed by atoms with Crippen molar-refractivity contribution in [2.75, 3.05) is 43.6 Å². The summed E-state index contributed by atoms with van der Waals surface area (Å²) in [6, 6.07) is 12.2. The van der Waals surface area contributed by atoms with E-state index in [9.17, 15) is 0 Å². The van der Waals surface area contributed by atoms with Crippen LogP contribution in [0.1, 0.15) is 5.56 Å². The first-order valence-electron chi connectivity index (χ1n) is 9.14. The molecular formula is C20H24N6O. The van der Waals surface area contributed by atoms with Crippen molar-refractivity contribution in [2.24, 2.45) is 0 Å². The monoisotopic (exact) mass is 364 g/mol. The number of pyridine rings is 1. The minimum atomic E-state index is 0.715. The maximum Gasteiger partial charge on any atom is 0.181 e. The number of aromatic nitrogens is 2. The minimum Gasteiger partial charge on any atom is -0.444 e. The first-order chi connectivity index (χ1) is 13.3. The van der Waals surface area contributed by atoms with Crippen LogP contribution < -0.4 is 15.8 Å². The van der Waals surface area contributed by atoms with Gasteiger partial charge in [0.15, 0.2) is 12.2 Å². The molecule has 0 bridgehead atoms. The fourth-order valence-corrected chi connectivity index (χ4v) is 3.10. The molecule has 3 aromatic rings. The molecule has 0 radical (unpaired) electrons. The predicted octanol–water partition coefficient (Wildman–Crippen LogP) is 2.61. The molecular weight excluding hydrogens is 340 g/mol. The van der Waals surface area contributed by atoms with E-state index in [0.717, 1.165) is 49.0 Å². The summed E-state index contributed by atoms with van der Waals surface area (Å²) in [5.74, 6) is 1.82. The van der Waals surface area contributed by atoms with Crippen molar-refractivity contribution < 1.29 is 4.42 Å². The van der Waals surface area contributed by atoms with Gasteiger partial charge < -0.3 is 19.6 Å². The van der Waals surface area contributed by atoms with Crippen LogP contribution >= 0.6 is 0 Å². The smallest absolute Gasteiger partial charge is 0.181 e. The van der Waals surface area contributed by atoms with Crippen molar-refractivity contribution in [3.63, 3.8) is 0 Å². The van der Waals surface area contributed by atoms with E-state index >= 15 is 0 Å². The van der Waals surface area contributed by atoms with Crippen molar-refractivity contribution in [2.45, 2.75) is 6.54 Å². The number of hydrogen-bond donors (Lipinski definition) is 2. The average molecular weight is 364 g/mol. The lowest BCUT2D eigenvalue weighted by Crippen LogP contribution is -2.44. The standard InChI is InChI=1S/C20H24N6O/c1-25-8-10-26(11-9-25)20-12-16(6-7-22-20)13-23-24-18-4-2-17(3-5-18)19-14-21-15-27-19/h2-7,12,14-15,23-24H,8-11,13H2,1H3. The quantitative estimate of drug-likeness (QED) is 0.652. The Morgan fingerprint density at radius 2 is 1.89 bits per heavy atom. The Morgan fingerprint density at radius 3 is 2.63 bits per heavy atom. The van der Waals surface area contributed by atoms with Crippen LogP contribution in [0.5, 0.6) is 0 Å². The van der Waals surface area contributed by atoms with Crippen molar-refractivity contribution in [3.8, 4) is 11.3 Å². The molecule has 1 fully saturated rings. The molecule has 1 saturated heterocycles. The summed E-state index contributed by atoms with van der Waals surface area (Å²) in [7, 11) is 2.16. The van der Waals surface area contributed by atoms with Crippen LogP contribution in [-0.4, -0.2) is 48.1 Å². The summed E-state index contributed by atoms with van der Waals surface area (Å²) in [6.45, 7) is 4.92. The van der Waals surface area contributed by atoms with E-state index in [1.54, 1.807) is 6.20 Å². The number of nitrogens with one attached hydrogen (secondary N) is 2. The van der Waals surface area contributed by atoms with Crippen LogP contribution in [0.2, 0.25) is 0 Å². The van der Waals surface area contributed by atoms with E-state index in [2.05, 4.69) is 43.7 Å². The largest absolute Gasteiger partial charge is 0.444 e. The second kappa shape index (κ2) is 8.20. The summed E-state index contributed by atoms with van der Waals surface area (Å²) >= 11 is 0. The number of rotatable bonds is 6. The van der Waals surface area contributed by atoms with E-state index in [1.807, 2.05) is 36.5 Å². The van der Waals surface area contributed by atoms with Crippen molar-refractivity contribution >= 4 is 11.5 Å². The van der Waals surface area contributed by atoms with Crippen molar-refractivity contribution in [1.82, 2.24) is 20.3 Å². The summed E-state index contributed by atoms with van der Waals surface area (Å²) in [4.78, 5) is 13.2. The molecule has 140 valence electrons. The normalized spacial score (nSPS) is 15.1. The predicted molar refractivity (Wildman–Crippen MR) is 106 cm³/mol. The van der Waals surface area contributed by atoms with Gasteiger partial charge in [0.05, 0.1) is 6.20 Å². The van der Waals surface area contributed by atoms with Crippen molar-refractivity contribution in [1.29, 1.82) is 0 Å². The Labute approximate surface area is 159 Å². The maximum absolute atomic E-state index is 5.31. The molecule has 7 nitrogen and oxygen atoms in total. The molecule has 0 saturated carbocycles. The van der Waals surface area contributed by atoms with Gasteiger partial charge in [-0.2, -0.15) is 0 Å². The van der Waals surface area contributed by atoms with Crippen LogP contribution in [0.3, 0.4) is 0 Å². The van der Waals surface area contributed by atoms with Gasteiger partial charge in [0.25, 0.3) is 0 Å². The van der Waals surface area contributed by atoms with E-state index in [0.29, 0.717) is 6.54 Å². The third-order valence-corrected chi connectivity index (χ3v) is 4.76. The Bertz CT molecular complexity index is 841. The van der Waals surface area contributed by atoms with E-state index in [1.165, 1.54) is 12.0 Å². The van der Waals surface area contributed by atoms with Gasteiger partial charge in [0.1, 0.15) is 5.82 Å². The second-order valence-electron chi connectivity index (χ2n) is 6.73. The molecule has 0 amide bonds. The molecule has 1 aliphatic heterocycles. The van der Waals surface area contributed by atoms with E-state index in [4.69, 9.17) is 4.42 Å². The highest BCUT2D eigenvalue weighted by Crippen LogP contribution is 2.20. The first kappa shape index (κ1) is 17.5. The molecule has 7 heteroatoms. The lowest BCUT2D eigenvalue weighted by molar-refractivity contribution is 0.312. The molecule has 0 spiro atoms. The topological polar surface area (TPSA) is 69.5 Å². The molecule has 0 atom stereocenters. The fraction of sp³-hybridized carbons (Fsp3) is 0.300. The van der Waals surface area contributed by atoms with Gasteiger partial charge in [0.2, 0.25) is 0 Å². The van der Waals surface area contributed by atoms with Gasteiger partial charge in [-0.05, 0) is 49.0 Å². The molecule has 2 N–H and O–H groups in total. The van der Waals surface area contributed by atoms with Crippen molar-refractivity contribution in [3.05, 3.63) is 60.7 Å². The van der Waals surface area contributed by atoms with E-state index in [-0.39, 0.29) is 0 Å². The SMILES string of the molecule is CN1CCN(c2cc(CNNc3ccc(-c4cnco4)cc3)ccn2)CC1. The number of piperazine rings is 1. The molecule has 4 rings (SSSR count). The molecule has 27 heavy (non-hydrogen) atoms. The van der Waals surface area contributed by atoms with Gasteiger partial charge >= 0.3 is 0 Å². The molecule has 1 aliphatic rings. The number of likely N-dealkylation sites (N-methyl/N-ethyl adjacent to an activating group) is 1. The first-order valence-corrected chi connectivity index (χ1v) is 9.14. The fourth-order valence-electron chi connectivity index (χ4n) is 3.10. The molecule has 3 heterocycles. The summed E-state index contributed by atoms with van der Waals surface area (Å²) < 4.78 is 5.31. The Morgan fingerprint density at radius 1 is 1.07 bits per heavy atom. The summed E-state index contributed by atoms with van der Waals surface area (Å²) in [5.41, 5.74) is 9.70. The van der Waals surface area contributed by atoms with Crippen LogP contribution in [-0.2, 0) is 6.54 Å². The number of benzene rings is 1. The van der Waals surface area contributed by atoms with Crippen LogP contribution in [0.4, 0.5) is 11.5 Å². The molecule has 1 aromatic carbocycles. The lowest BCUT2D eigenvalue weighted by atomic mass is 10.2. The molecule has 2 aromatic heterocycles. The van der Waals surface area contributed by atoms with Crippen LogP contribution in [0, 0.1) is 0 Å². The Hall–Kier alpha value is -2.90. The van der Waals surface area contributed by atoms with Gasteiger partial charge in [0, 0.05) is 50.2 Å². The number of hydrogen-bond acceptors (Lipinski definition) is 7. The molecule has 0 unspecified atom stereocenters. The lowest BCUT2D eigenvalue weighted by Gasteiger charge is -2.33. The third-order valence-electron chi connectivity index (χ3n) is 4.76. The zero-order chi connectivity index (χ0) is 18.5. The Kier molecular flexibility index (Phi) is 5.32. The van der Waals surface area contributed by atoms with Crippen LogP contribution in [0.25, 0.3) is 11.3 Å². The number of oxazole rings is 1.